The van der Waals surface area contributed by atoms with Gasteiger partial charge < -0.3 is 19.2 Å². The normalized spacial score (nSPS) is 10.0. The zero-order chi connectivity index (χ0) is 18.4. The van der Waals surface area contributed by atoms with Gasteiger partial charge in [0.25, 0.3) is 0 Å². The number of hydrogen-bond acceptors (Lipinski definition) is 8. The van der Waals surface area contributed by atoms with Crippen LogP contribution in [0.1, 0.15) is 13.8 Å². The van der Waals surface area contributed by atoms with Gasteiger partial charge in [0.1, 0.15) is 6.33 Å². The topological polar surface area (TPSA) is 100 Å². The van der Waals surface area contributed by atoms with Gasteiger partial charge in [0, 0.05) is 7.05 Å². The Morgan fingerprint density at radius 1 is 1.08 bits per heavy atom. The molecule has 0 saturated carbocycles. The second-order valence-electron chi connectivity index (χ2n) is 4.28. The van der Waals surface area contributed by atoms with E-state index in [0.717, 1.165) is 0 Å². The monoisotopic (exact) mass is 410 g/mol. The van der Waals surface area contributed by atoms with Gasteiger partial charge in [-0.3, -0.25) is 0 Å². The highest BCUT2D eigenvalue weighted by molar-refractivity contribution is 9.10. The molecule has 0 unspecified atom stereocenters. The molecule has 3 rings (SSSR count). The molecule has 0 atom stereocenters. The molecule has 0 aliphatic heterocycles. The average molecular weight is 411 g/mol. The van der Waals surface area contributed by atoms with Crippen LogP contribution in [-0.4, -0.2) is 46.0 Å². The van der Waals surface area contributed by atoms with Gasteiger partial charge in [-0.15, -0.1) is 10.2 Å². The van der Waals surface area contributed by atoms with E-state index in [1.54, 1.807) is 23.7 Å². The Kier molecular flexibility index (Phi) is 6.34. The first-order valence-electron chi connectivity index (χ1n) is 7.51. The summed E-state index contributed by atoms with van der Waals surface area (Å²) in [6, 6.07) is 3.54. The number of nitrogens with zero attached hydrogens (tertiary/aromatic N) is 5. The highest BCUT2D eigenvalue weighted by Crippen LogP contribution is 2.35. The number of halogens is 1. The molecule has 1 N–H and O–H groups in total. The summed E-state index contributed by atoms with van der Waals surface area (Å²) in [5.41, 5.74) is 0.467. The van der Waals surface area contributed by atoms with Gasteiger partial charge in [-0.05, 0) is 28.1 Å². The Balaban J connectivity index is 0.00000109. The number of hydrogen-bond donors (Lipinski definition) is 1. The van der Waals surface area contributed by atoms with Crippen LogP contribution in [0.3, 0.4) is 0 Å². The lowest BCUT2D eigenvalue weighted by atomic mass is 10.4. The smallest absolute Gasteiger partial charge is 0.245 e. The number of aromatic nitrogens is 5. The summed E-state index contributed by atoms with van der Waals surface area (Å²) in [4.78, 5) is 8.24. The lowest BCUT2D eigenvalue weighted by Crippen LogP contribution is -2.08. The van der Waals surface area contributed by atoms with E-state index >= 15 is 0 Å². The van der Waals surface area contributed by atoms with Crippen molar-refractivity contribution >= 4 is 21.9 Å². The number of ether oxygens (including phenoxy) is 2. The summed E-state index contributed by atoms with van der Waals surface area (Å²) in [5, 5.41) is 11.2. The first kappa shape index (κ1) is 18.7. The molecule has 0 saturated heterocycles. The number of methoxy groups -OCH3 is 2. The Morgan fingerprint density at radius 2 is 1.72 bits per heavy atom. The van der Waals surface area contributed by atoms with Crippen molar-refractivity contribution in [1.82, 2.24) is 24.7 Å². The summed E-state index contributed by atoms with van der Waals surface area (Å²) in [7, 11) is 4.75. The first-order valence-corrected chi connectivity index (χ1v) is 8.31. The molecule has 3 aromatic rings. The molecule has 10 heteroatoms. The van der Waals surface area contributed by atoms with Gasteiger partial charge in [0.15, 0.2) is 16.1 Å². The summed E-state index contributed by atoms with van der Waals surface area (Å²) in [6.45, 7) is 4.00. The number of nitrogens with one attached hydrogen (secondary N) is 1. The van der Waals surface area contributed by atoms with Crippen LogP contribution in [0, 0.1) is 0 Å². The molecule has 3 aromatic heterocycles. The van der Waals surface area contributed by atoms with Gasteiger partial charge >= 0.3 is 0 Å². The third kappa shape index (κ3) is 3.58. The highest BCUT2D eigenvalue weighted by atomic mass is 79.9. The van der Waals surface area contributed by atoms with E-state index < -0.39 is 0 Å². The maximum absolute atomic E-state index is 5.58. The van der Waals surface area contributed by atoms with Crippen LogP contribution in [0.4, 0.5) is 5.95 Å². The van der Waals surface area contributed by atoms with Crippen LogP contribution < -0.4 is 14.8 Å². The SMILES string of the molecule is CC.CNc1nnc(-c2ccc(Br)o2)n1-c1c(OC)ncnc1OC. The highest BCUT2D eigenvalue weighted by Gasteiger charge is 2.25. The molecule has 134 valence electrons. The molecule has 3 heterocycles. The van der Waals surface area contributed by atoms with Crippen molar-refractivity contribution in [3.05, 3.63) is 23.1 Å². The second kappa shape index (κ2) is 8.47. The minimum absolute atomic E-state index is 0.319. The van der Waals surface area contributed by atoms with Crippen LogP contribution >= 0.6 is 15.9 Å². The van der Waals surface area contributed by atoms with E-state index in [2.05, 4.69) is 41.4 Å². The Morgan fingerprint density at radius 3 is 2.20 bits per heavy atom. The molecule has 0 aromatic carbocycles. The molecule has 0 amide bonds. The summed E-state index contributed by atoms with van der Waals surface area (Å²) < 4.78 is 18.5. The van der Waals surface area contributed by atoms with E-state index in [1.807, 2.05) is 13.8 Å². The fourth-order valence-corrected chi connectivity index (χ4v) is 2.40. The minimum Gasteiger partial charge on any atom is -0.479 e. The predicted molar refractivity (Wildman–Crippen MR) is 96.3 cm³/mol. The summed E-state index contributed by atoms with van der Waals surface area (Å²) in [5.74, 6) is 2.06. The largest absolute Gasteiger partial charge is 0.479 e. The van der Waals surface area contributed by atoms with Crippen LogP contribution in [-0.2, 0) is 0 Å². The van der Waals surface area contributed by atoms with Crippen LogP contribution in [0.2, 0.25) is 0 Å². The zero-order valence-electron chi connectivity index (χ0n) is 14.6. The summed E-state index contributed by atoms with van der Waals surface area (Å²) in [6.07, 6.45) is 1.35. The Labute approximate surface area is 153 Å². The quantitative estimate of drug-likeness (QED) is 0.684. The van der Waals surface area contributed by atoms with Crippen molar-refractivity contribution < 1.29 is 13.9 Å². The predicted octanol–water partition coefficient (Wildman–Crippen LogP) is 3.16. The van der Waals surface area contributed by atoms with E-state index in [9.17, 15) is 0 Å². The molecule has 0 spiro atoms. The number of furan rings is 1. The maximum Gasteiger partial charge on any atom is 0.245 e. The van der Waals surface area contributed by atoms with Crippen LogP contribution in [0.15, 0.2) is 27.5 Å². The van der Waals surface area contributed by atoms with Gasteiger partial charge in [-0.1, -0.05) is 13.8 Å². The van der Waals surface area contributed by atoms with Crippen molar-refractivity contribution in [3.63, 3.8) is 0 Å². The Bertz CT molecular complexity index is 810. The molecule has 0 fully saturated rings. The molecular weight excluding hydrogens is 392 g/mol. The molecule has 0 radical (unpaired) electrons. The third-order valence-corrected chi connectivity index (χ3v) is 3.47. The Hall–Kier alpha value is -2.62. The van der Waals surface area contributed by atoms with Crippen molar-refractivity contribution in [2.45, 2.75) is 13.8 Å². The molecule has 0 aliphatic carbocycles. The molecule has 0 bridgehead atoms. The van der Waals surface area contributed by atoms with Crippen LogP contribution in [0.25, 0.3) is 17.3 Å². The van der Waals surface area contributed by atoms with Gasteiger partial charge in [-0.25, -0.2) is 4.57 Å². The van der Waals surface area contributed by atoms with E-state index in [1.165, 1.54) is 20.5 Å². The third-order valence-electron chi connectivity index (χ3n) is 3.05. The zero-order valence-corrected chi connectivity index (χ0v) is 16.2. The van der Waals surface area contributed by atoms with Crippen molar-refractivity contribution in [1.29, 1.82) is 0 Å². The van der Waals surface area contributed by atoms with Gasteiger partial charge in [0.05, 0.1) is 14.2 Å². The van der Waals surface area contributed by atoms with E-state index in [4.69, 9.17) is 13.9 Å². The van der Waals surface area contributed by atoms with Gasteiger partial charge in [0.2, 0.25) is 23.5 Å². The average Bonchev–Trinajstić information content (AvgIpc) is 3.28. The number of rotatable bonds is 5. The fraction of sp³-hybridized carbons (Fsp3) is 0.333. The lowest BCUT2D eigenvalue weighted by molar-refractivity contribution is 0.368. The molecule has 0 aliphatic rings. The summed E-state index contributed by atoms with van der Waals surface area (Å²) >= 11 is 3.28. The van der Waals surface area contributed by atoms with E-state index in [-0.39, 0.29) is 0 Å². The van der Waals surface area contributed by atoms with Crippen molar-refractivity contribution in [2.24, 2.45) is 0 Å². The van der Waals surface area contributed by atoms with Crippen LogP contribution in [0.5, 0.6) is 11.8 Å². The van der Waals surface area contributed by atoms with Crippen molar-refractivity contribution in [3.8, 4) is 29.0 Å². The van der Waals surface area contributed by atoms with Crippen molar-refractivity contribution in [2.75, 3.05) is 26.6 Å². The standard InChI is InChI=1S/C13H13BrN6O3.C2H6/c1-15-13-19-18-10(7-4-5-8(14)23-7)20(13)9-11(21-2)16-6-17-12(9)22-3;1-2/h4-6H,1-3H3,(H,15,19);1-2H3. The second-order valence-corrected chi connectivity index (χ2v) is 5.06. The van der Waals surface area contributed by atoms with Gasteiger partial charge in [-0.2, -0.15) is 9.97 Å². The minimum atomic E-state index is 0.319. The number of anilines is 1. The molecule has 9 nitrogen and oxygen atoms in total. The molecule has 25 heavy (non-hydrogen) atoms. The first-order chi connectivity index (χ1) is 12.2. The maximum atomic E-state index is 5.58. The molecular formula is C15H19BrN6O3. The lowest BCUT2D eigenvalue weighted by Gasteiger charge is -2.14. The van der Waals surface area contributed by atoms with E-state index in [0.29, 0.717) is 39.6 Å². The fourth-order valence-electron chi connectivity index (χ4n) is 2.09.